The van der Waals surface area contributed by atoms with Gasteiger partial charge in [0, 0.05) is 38.2 Å². The summed E-state index contributed by atoms with van der Waals surface area (Å²) in [5.41, 5.74) is 3.44. The lowest BCUT2D eigenvalue weighted by Crippen LogP contribution is -2.52. The fraction of sp³-hybridized carbons (Fsp3) is 0.348. The van der Waals surface area contributed by atoms with Crippen molar-refractivity contribution in [3.8, 4) is 5.75 Å². The summed E-state index contributed by atoms with van der Waals surface area (Å²) in [5, 5.41) is 8.98. The van der Waals surface area contributed by atoms with Crippen LogP contribution in [0.2, 0.25) is 0 Å². The number of para-hydroxylation sites is 2. The number of rotatable bonds is 6. The van der Waals surface area contributed by atoms with Crippen LogP contribution in [-0.4, -0.2) is 47.9 Å². The number of imide groups is 1. The van der Waals surface area contributed by atoms with E-state index in [4.69, 9.17) is 4.74 Å². The highest BCUT2D eigenvalue weighted by Gasteiger charge is 2.39. The molecule has 2 saturated heterocycles. The minimum absolute atomic E-state index is 0.160. The largest absolute Gasteiger partial charge is 0.486 e. The van der Waals surface area contributed by atoms with E-state index in [9.17, 15) is 14.4 Å². The van der Waals surface area contributed by atoms with Gasteiger partial charge in [0.25, 0.3) is 5.91 Å². The molecule has 3 aliphatic rings. The van der Waals surface area contributed by atoms with E-state index >= 15 is 0 Å². The number of anilines is 1. The van der Waals surface area contributed by atoms with Gasteiger partial charge in [0.05, 0.1) is 5.69 Å². The van der Waals surface area contributed by atoms with Crippen molar-refractivity contribution < 1.29 is 19.1 Å². The average molecular weight is 420 g/mol. The number of nitrogens with zero attached hydrogens (tertiary/aromatic N) is 1. The molecule has 160 valence electrons. The summed E-state index contributed by atoms with van der Waals surface area (Å²) in [7, 11) is 0. The summed E-state index contributed by atoms with van der Waals surface area (Å²) >= 11 is 0. The van der Waals surface area contributed by atoms with E-state index < -0.39 is 11.9 Å². The average Bonchev–Trinajstić information content (AvgIpc) is 3.07. The zero-order valence-corrected chi connectivity index (χ0v) is 17.0. The van der Waals surface area contributed by atoms with Gasteiger partial charge in [0.15, 0.2) is 0 Å². The Balaban J connectivity index is 1.32. The van der Waals surface area contributed by atoms with Crippen LogP contribution in [0.4, 0.5) is 5.69 Å². The third-order valence-corrected chi connectivity index (χ3v) is 6.07. The van der Waals surface area contributed by atoms with Crippen LogP contribution in [0.3, 0.4) is 0 Å². The molecule has 3 aliphatic heterocycles. The zero-order valence-electron chi connectivity index (χ0n) is 17.0. The smallest absolute Gasteiger partial charge is 0.255 e. The maximum Gasteiger partial charge on any atom is 0.255 e. The number of nitrogens with one attached hydrogen (secondary N) is 3. The summed E-state index contributed by atoms with van der Waals surface area (Å²) < 4.78 is 6.04. The van der Waals surface area contributed by atoms with E-state index in [1.165, 1.54) is 0 Å². The molecule has 8 nitrogen and oxygen atoms in total. The number of ether oxygens (including phenoxy) is 1. The molecule has 0 aliphatic carbocycles. The molecular weight excluding hydrogens is 396 g/mol. The molecule has 2 fully saturated rings. The van der Waals surface area contributed by atoms with E-state index in [1.807, 2.05) is 36.4 Å². The van der Waals surface area contributed by atoms with Crippen LogP contribution in [0.1, 0.15) is 34.3 Å². The topological polar surface area (TPSA) is 99.8 Å². The molecule has 0 aromatic heterocycles. The first-order valence-electron chi connectivity index (χ1n) is 10.6. The molecule has 5 rings (SSSR count). The second kappa shape index (κ2) is 8.03. The fourth-order valence-corrected chi connectivity index (χ4v) is 4.25. The third kappa shape index (κ3) is 3.74. The molecule has 31 heavy (non-hydrogen) atoms. The Morgan fingerprint density at radius 3 is 2.68 bits per heavy atom. The summed E-state index contributed by atoms with van der Waals surface area (Å²) in [6.07, 6.45) is 0.792. The summed E-state index contributed by atoms with van der Waals surface area (Å²) in [6, 6.07) is 12.9. The number of hydrogen-bond acceptors (Lipinski definition) is 6. The van der Waals surface area contributed by atoms with Gasteiger partial charge < -0.3 is 20.3 Å². The third-order valence-electron chi connectivity index (χ3n) is 6.07. The summed E-state index contributed by atoms with van der Waals surface area (Å²) in [6.45, 7) is 2.59. The highest BCUT2D eigenvalue weighted by atomic mass is 16.5. The Kier molecular flexibility index (Phi) is 5.07. The zero-order chi connectivity index (χ0) is 21.4. The minimum atomic E-state index is -0.608. The number of piperidine rings is 1. The van der Waals surface area contributed by atoms with Crippen molar-refractivity contribution in [3.05, 3.63) is 59.2 Å². The standard InChI is InChI=1S/C23H24N4O4/c28-21-9-8-19(22(29)26-21)27-13-17-14(4-3-5-16(17)23(27)30)10-25-18-6-1-2-7-20(18)31-15-11-24-12-15/h1-7,15,19,24-25H,8-13H2,(H,26,28,29). The minimum Gasteiger partial charge on any atom is -0.486 e. The van der Waals surface area contributed by atoms with Crippen molar-refractivity contribution in [2.75, 3.05) is 18.4 Å². The lowest BCUT2D eigenvalue weighted by atomic mass is 10.0. The molecule has 3 heterocycles. The lowest BCUT2D eigenvalue weighted by molar-refractivity contribution is -0.136. The Morgan fingerprint density at radius 1 is 1.06 bits per heavy atom. The first kappa shape index (κ1) is 19.6. The lowest BCUT2D eigenvalue weighted by Gasteiger charge is -2.29. The summed E-state index contributed by atoms with van der Waals surface area (Å²) in [4.78, 5) is 38.3. The molecule has 0 bridgehead atoms. The highest BCUT2D eigenvalue weighted by molar-refractivity contribution is 6.05. The number of fused-ring (bicyclic) bond motifs is 1. The SMILES string of the molecule is O=C1CCC(N2Cc3c(CNc4ccccc4OC4CNC4)cccc3C2=O)C(=O)N1. The van der Waals surface area contributed by atoms with Gasteiger partial charge >= 0.3 is 0 Å². The van der Waals surface area contributed by atoms with Crippen LogP contribution < -0.4 is 20.7 Å². The van der Waals surface area contributed by atoms with Crippen LogP contribution >= 0.6 is 0 Å². The molecule has 0 saturated carbocycles. The molecule has 0 radical (unpaired) electrons. The molecular formula is C23H24N4O4. The molecule has 3 N–H and O–H groups in total. The van der Waals surface area contributed by atoms with Gasteiger partial charge in [-0.3, -0.25) is 19.7 Å². The van der Waals surface area contributed by atoms with Crippen molar-refractivity contribution in [1.29, 1.82) is 0 Å². The predicted molar refractivity (Wildman–Crippen MR) is 114 cm³/mol. The van der Waals surface area contributed by atoms with Gasteiger partial charge in [-0.1, -0.05) is 24.3 Å². The number of amides is 3. The van der Waals surface area contributed by atoms with Gasteiger partial charge in [0.1, 0.15) is 17.9 Å². The van der Waals surface area contributed by atoms with E-state index in [-0.39, 0.29) is 24.3 Å². The number of benzene rings is 2. The van der Waals surface area contributed by atoms with E-state index in [0.29, 0.717) is 25.1 Å². The van der Waals surface area contributed by atoms with Gasteiger partial charge in [-0.25, -0.2) is 0 Å². The normalized spacial score (nSPS) is 20.8. The molecule has 1 unspecified atom stereocenters. The van der Waals surface area contributed by atoms with Crippen molar-refractivity contribution in [3.63, 3.8) is 0 Å². The maximum absolute atomic E-state index is 13.0. The fourth-order valence-electron chi connectivity index (χ4n) is 4.25. The Hall–Kier alpha value is -3.39. The Morgan fingerprint density at radius 2 is 1.90 bits per heavy atom. The Labute approximate surface area is 179 Å². The molecule has 2 aromatic rings. The second-order valence-electron chi connectivity index (χ2n) is 8.09. The monoisotopic (exact) mass is 420 g/mol. The van der Waals surface area contributed by atoms with Gasteiger partial charge in [-0.2, -0.15) is 0 Å². The van der Waals surface area contributed by atoms with Crippen LogP contribution in [0.25, 0.3) is 0 Å². The molecule has 3 amide bonds. The number of carbonyl (C=O) groups is 3. The Bertz CT molecular complexity index is 1050. The van der Waals surface area contributed by atoms with Gasteiger partial charge in [0.2, 0.25) is 11.8 Å². The van der Waals surface area contributed by atoms with Crippen LogP contribution in [0.15, 0.2) is 42.5 Å². The number of carbonyl (C=O) groups excluding carboxylic acids is 3. The van der Waals surface area contributed by atoms with Gasteiger partial charge in [-0.15, -0.1) is 0 Å². The van der Waals surface area contributed by atoms with Crippen molar-refractivity contribution in [2.45, 2.75) is 38.1 Å². The number of hydrogen-bond donors (Lipinski definition) is 3. The van der Waals surface area contributed by atoms with Crippen molar-refractivity contribution in [2.24, 2.45) is 0 Å². The first-order chi connectivity index (χ1) is 15.1. The van der Waals surface area contributed by atoms with Gasteiger partial charge in [-0.05, 0) is 35.7 Å². The second-order valence-corrected chi connectivity index (χ2v) is 8.09. The maximum atomic E-state index is 13.0. The quantitative estimate of drug-likeness (QED) is 0.611. The van der Waals surface area contributed by atoms with Crippen LogP contribution in [-0.2, 0) is 22.7 Å². The predicted octanol–water partition coefficient (Wildman–Crippen LogP) is 1.41. The molecule has 8 heteroatoms. The van der Waals surface area contributed by atoms with E-state index in [0.717, 1.165) is 35.7 Å². The molecule has 2 aromatic carbocycles. The first-order valence-corrected chi connectivity index (χ1v) is 10.6. The highest BCUT2D eigenvalue weighted by Crippen LogP contribution is 2.31. The van der Waals surface area contributed by atoms with Crippen LogP contribution in [0, 0.1) is 0 Å². The van der Waals surface area contributed by atoms with Crippen molar-refractivity contribution in [1.82, 2.24) is 15.5 Å². The van der Waals surface area contributed by atoms with Crippen molar-refractivity contribution >= 4 is 23.4 Å². The summed E-state index contributed by atoms with van der Waals surface area (Å²) in [5.74, 6) is -0.0297. The van der Waals surface area contributed by atoms with E-state index in [1.54, 1.807) is 11.0 Å². The van der Waals surface area contributed by atoms with Crippen LogP contribution in [0.5, 0.6) is 5.75 Å². The molecule has 0 spiro atoms. The van der Waals surface area contributed by atoms with E-state index in [2.05, 4.69) is 16.0 Å². The molecule has 1 atom stereocenters.